The Kier molecular flexibility index (Phi) is 7.39. The smallest absolute Gasteiger partial charge is 0.249 e. The van der Waals surface area contributed by atoms with Crippen LogP contribution in [0.15, 0.2) is 54.7 Å². The molecule has 0 spiro atoms. The van der Waals surface area contributed by atoms with Crippen LogP contribution in [0.5, 0.6) is 0 Å². The van der Waals surface area contributed by atoms with Gasteiger partial charge in [0.2, 0.25) is 5.91 Å². The maximum atomic E-state index is 12.6. The van der Waals surface area contributed by atoms with E-state index in [1.807, 2.05) is 55.5 Å². The molecule has 1 heterocycles. The zero-order chi connectivity index (χ0) is 17.2. The normalized spacial score (nSPS) is 11.9. The molecule has 1 atom stereocenters. The number of hydrogen-bond acceptors (Lipinski definition) is 4. The van der Waals surface area contributed by atoms with Gasteiger partial charge in [-0.1, -0.05) is 43.3 Å². The van der Waals surface area contributed by atoms with Gasteiger partial charge in [0, 0.05) is 6.20 Å². The SMILES string of the molecule is CC[C@H](CO)N(Cc1ccccn1)C(=O)COCc1ccccc1. The Balaban J connectivity index is 1.96. The predicted molar refractivity (Wildman–Crippen MR) is 92.0 cm³/mol. The lowest BCUT2D eigenvalue weighted by Gasteiger charge is -2.29. The van der Waals surface area contributed by atoms with E-state index in [0.717, 1.165) is 11.3 Å². The average Bonchev–Trinajstić information content (AvgIpc) is 2.63. The molecule has 0 fully saturated rings. The minimum Gasteiger partial charge on any atom is -0.394 e. The van der Waals surface area contributed by atoms with Gasteiger partial charge in [0.05, 0.1) is 31.5 Å². The fourth-order valence-corrected chi connectivity index (χ4v) is 2.45. The number of ether oxygens (including phenoxy) is 1. The summed E-state index contributed by atoms with van der Waals surface area (Å²) in [6.07, 6.45) is 2.37. The number of aliphatic hydroxyl groups is 1. The van der Waals surface area contributed by atoms with Crippen molar-refractivity contribution in [2.24, 2.45) is 0 Å². The van der Waals surface area contributed by atoms with Crippen LogP contribution < -0.4 is 0 Å². The van der Waals surface area contributed by atoms with Crippen molar-refractivity contribution >= 4 is 5.91 Å². The Labute approximate surface area is 142 Å². The summed E-state index contributed by atoms with van der Waals surface area (Å²) in [4.78, 5) is 18.5. The summed E-state index contributed by atoms with van der Waals surface area (Å²) in [7, 11) is 0. The molecular weight excluding hydrogens is 304 g/mol. The van der Waals surface area contributed by atoms with Crippen LogP contribution in [0, 0.1) is 0 Å². The Morgan fingerprint density at radius 2 is 1.96 bits per heavy atom. The van der Waals surface area contributed by atoms with Crippen LogP contribution in [-0.4, -0.2) is 40.2 Å². The second-order valence-corrected chi connectivity index (χ2v) is 5.57. The molecule has 0 saturated heterocycles. The topological polar surface area (TPSA) is 62.7 Å². The second kappa shape index (κ2) is 9.80. The number of aliphatic hydroxyl groups excluding tert-OH is 1. The van der Waals surface area contributed by atoms with Gasteiger partial charge in [0.25, 0.3) is 0 Å². The van der Waals surface area contributed by atoms with Crippen LogP contribution in [-0.2, 0) is 22.7 Å². The van der Waals surface area contributed by atoms with Crippen LogP contribution in [0.1, 0.15) is 24.6 Å². The summed E-state index contributed by atoms with van der Waals surface area (Å²) in [5, 5.41) is 9.57. The molecule has 0 aliphatic heterocycles. The van der Waals surface area contributed by atoms with E-state index in [4.69, 9.17) is 4.74 Å². The van der Waals surface area contributed by atoms with Gasteiger partial charge in [0.15, 0.2) is 0 Å². The molecular formula is C19H24N2O3. The molecule has 1 N–H and O–H groups in total. The van der Waals surface area contributed by atoms with E-state index < -0.39 is 0 Å². The van der Waals surface area contributed by atoms with Crippen LogP contribution in [0.25, 0.3) is 0 Å². The van der Waals surface area contributed by atoms with Crippen molar-refractivity contribution in [3.05, 3.63) is 66.0 Å². The summed E-state index contributed by atoms with van der Waals surface area (Å²) in [6.45, 7) is 2.61. The summed E-state index contributed by atoms with van der Waals surface area (Å²) in [5.41, 5.74) is 1.82. The molecule has 0 bridgehead atoms. The summed E-state index contributed by atoms with van der Waals surface area (Å²) >= 11 is 0. The maximum absolute atomic E-state index is 12.6. The van der Waals surface area contributed by atoms with Crippen molar-refractivity contribution in [1.82, 2.24) is 9.88 Å². The zero-order valence-corrected chi connectivity index (χ0v) is 14.0. The van der Waals surface area contributed by atoms with Gasteiger partial charge >= 0.3 is 0 Å². The second-order valence-electron chi connectivity index (χ2n) is 5.57. The first-order valence-corrected chi connectivity index (χ1v) is 8.16. The number of benzene rings is 1. The van der Waals surface area contributed by atoms with Gasteiger partial charge in [-0.05, 0) is 24.1 Å². The van der Waals surface area contributed by atoms with Crippen LogP contribution >= 0.6 is 0 Å². The highest BCUT2D eigenvalue weighted by molar-refractivity contribution is 5.77. The van der Waals surface area contributed by atoms with E-state index in [-0.39, 0.29) is 25.2 Å². The van der Waals surface area contributed by atoms with Crippen molar-refractivity contribution in [3.8, 4) is 0 Å². The molecule has 2 rings (SSSR count). The van der Waals surface area contributed by atoms with Gasteiger partial charge in [-0.15, -0.1) is 0 Å². The van der Waals surface area contributed by atoms with Gasteiger partial charge < -0.3 is 14.7 Å². The standard InChI is InChI=1S/C19H24N2O3/c1-2-18(13-22)21(12-17-10-6-7-11-20-17)19(23)15-24-14-16-8-4-3-5-9-16/h3-11,18,22H,2,12-15H2,1H3/t18-/m1/s1. The molecule has 1 aromatic carbocycles. The van der Waals surface area contributed by atoms with Crippen molar-refractivity contribution in [2.45, 2.75) is 32.5 Å². The van der Waals surface area contributed by atoms with Crippen molar-refractivity contribution in [2.75, 3.05) is 13.2 Å². The molecule has 2 aromatic rings. The third kappa shape index (κ3) is 5.44. The summed E-state index contributed by atoms with van der Waals surface area (Å²) in [5.74, 6) is -0.141. The van der Waals surface area contributed by atoms with E-state index in [0.29, 0.717) is 19.6 Å². The Morgan fingerprint density at radius 1 is 1.21 bits per heavy atom. The first-order valence-electron chi connectivity index (χ1n) is 8.16. The van der Waals surface area contributed by atoms with Crippen LogP contribution in [0.2, 0.25) is 0 Å². The molecule has 128 valence electrons. The van der Waals surface area contributed by atoms with Crippen LogP contribution in [0.4, 0.5) is 0 Å². The summed E-state index contributed by atoms with van der Waals surface area (Å²) < 4.78 is 5.55. The predicted octanol–water partition coefficient (Wildman–Crippen LogP) is 2.40. The zero-order valence-electron chi connectivity index (χ0n) is 14.0. The summed E-state index contributed by atoms with van der Waals surface area (Å²) in [6, 6.07) is 15.1. The molecule has 24 heavy (non-hydrogen) atoms. The van der Waals surface area contributed by atoms with Crippen LogP contribution in [0.3, 0.4) is 0 Å². The first-order chi connectivity index (χ1) is 11.7. The molecule has 5 nitrogen and oxygen atoms in total. The molecule has 0 saturated carbocycles. The quantitative estimate of drug-likeness (QED) is 0.768. The molecule has 1 aromatic heterocycles. The first kappa shape index (κ1) is 18.1. The monoisotopic (exact) mass is 328 g/mol. The maximum Gasteiger partial charge on any atom is 0.249 e. The lowest BCUT2D eigenvalue weighted by atomic mass is 10.2. The van der Waals surface area contributed by atoms with Crippen molar-refractivity contribution in [1.29, 1.82) is 0 Å². The molecule has 5 heteroatoms. The van der Waals surface area contributed by atoms with Gasteiger partial charge in [0.1, 0.15) is 6.61 Å². The molecule has 0 radical (unpaired) electrons. The minimum atomic E-state index is -0.236. The van der Waals surface area contributed by atoms with Gasteiger partial charge in [-0.2, -0.15) is 0 Å². The average molecular weight is 328 g/mol. The number of aromatic nitrogens is 1. The lowest BCUT2D eigenvalue weighted by molar-refractivity contribution is -0.140. The third-order valence-corrected chi connectivity index (χ3v) is 3.84. The molecule has 0 aliphatic rings. The number of carbonyl (C=O) groups is 1. The van der Waals surface area contributed by atoms with Crippen molar-refractivity contribution in [3.63, 3.8) is 0 Å². The van der Waals surface area contributed by atoms with Gasteiger partial charge in [-0.3, -0.25) is 9.78 Å². The number of amides is 1. The van der Waals surface area contributed by atoms with E-state index in [1.54, 1.807) is 11.1 Å². The Bertz CT molecular complexity index is 601. The number of carbonyl (C=O) groups excluding carboxylic acids is 1. The molecule has 1 amide bonds. The number of nitrogens with zero attached hydrogens (tertiary/aromatic N) is 2. The highest BCUT2D eigenvalue weighted by atomic mass is 16.5. The van der Waals surface area contributed by atoms with E-state index in [2.05, 4.69) is 4.98 Å². The minimum absolute atomic E-state index is 0.0156. The Morgan fingerprint density at radius 3 is 2.58 bits per heavy atom. The third-order valence-electron chi connectivity index (χ3n) is 3.84. The Hall–Kier alpha value is -2.24. The number of pyridine rings is 1. The van der Waals surface area contributed by atoms with Crippen molar-refractivity contribution < 1.29 is 14.6 Å². The molecule has 0 aliphatic carbocycles. The lowest BCUT2D eigenvalue weighted by Crippen LogP contribution is -2.43. The largest absolute Gasteiger partial charge is 0.394 e. The van der Waals surface area contributed by atoms with E-state index >= 15 is 0 Å². The fraction of sp³-hybridized carbons (Fsp3) is 0.368. The van der Waals surface area contributed by atoms with E-state index in [9.17, 15) is 9.90 Å². The highest BCUT2D eigenvalue weighted by Crippen LogP contribution is 2.10. The van der Waals surface area contributed by atoms with E-state index in [1.165, 1.54) is 0 Å². The van der Waals surface area contributed by atoms with Gasteiger partial charge in [-0.25, -0.2) is 0 Å². The molecule has 0 unspecified atom stereocenters. The highest BCUT2D eigenvalue weighted by Gasteiger charge is 2.22. The number of hydrogen-bond donors (Lipinski definition) is 1. The number of rotatable bonds is 9. The fourth-order valence-electron chi connectivity index (χ4n) is 2.45.